The number of ether oxygens (including phenoxy) is 2. The van der Waals surface area contributed by atoms with Gasteiger partial charge < -0.3 is 9.47 Å². The molecular formula is C15H22O2. The second kappa shape index (κ2) is 5.19. The van der Waals surface area contributed by atoms with E-state index < -0.39 is 0 Å². The molecule has 0 aromatic heterocycles. The molecule has 1 saturated heterocycles. The van der Waals surface area contributed by atoms with E-state index >= 15 is 0 Å². The summed E-state index contributed by atoms with van der Waals surface area (Å²) in [5.74, 6) is -0.348. The zero-order valence-electron chi connectivity index (χ0n) is 11.0. The third-order valence-corrected chi connectivity index (χ3v) is 3.65. The maximum atomic E-state index is 6.14. The molecule has 1 fully saturated rings. The minimum Gasteiger partial charge on any atom is -0.344 e. The van der Waals surface area contributed by atoms with Crippen molar-refractivity contribution in [1.29, 1.82) is 0 Å². The van der Waals surface area contributed by atoms with E-state index in [9.17, 15) is 0 Å². The highest BCUT2D eigenvalue weighted by atomic mass is 16.8. The SMILES string of the molecule is CCC1(CC)OC(C)C(Cc2ccccc2)O1. The Morgan fingerprint density at radius 2 is 1.71 bits per heavy atom. The zero-order chi connectivity index (χ0) is 12.3. The first kappa shape index (κ1) is 12.6. The molecule has 0 amide bonds. The fourth-order valence-electron chi connectivity index (χ4n) is 2.45. The molecule has 1 aromatic rings. The van der Waals surface area contributed by atoms with Crippen LogP contribution in [-0.4, -0.2) is 18.0 Å². The highest BCUT2D eigenvalue weighted by Crippen LogP contribution is 2.35. The van der Waals surface area contributed by atoms with Gasteiger partial charge >= 0.3 is 0 Å². The molecule has 2 unspecified atom stereocenters. The number of hydrogen-bond donors (Lipinski definition) is 0. The minimum atomic E-state index is -0.348. The second-order valence-corrected chi connectivity index (χ2v) is 4.79. The summed E-state index contributed by atoms with van der Waals surface area (Å²) in [4.78, 5) is 0. The monoisotopic (exact) mass is 234 g/mol. The summed E-state index contributed by atoms with van der Waals surface area (Å²) in [5, 5.41) is 0. The van der Waals surface area contributed by atoms with Gasteiger partial charge in [-0.2, -0.15) is 0 Å². The van der Waals surface area contributed by atoms with Crippen LogP contribution in [0.2, 0.25) is 0 Å². The quantitative estimate of drug-likeness (QED) is 0.793. The Morgan fingerprint density at radius 1 is 1.06 bits per heavy atom. The summed E-state index contributed by atoms with van der Waals surface area (Å²) in [7, 11) is 0. The van der Waals surface area contributed by atoms with Gasteiger partial charge in [-0.3, -0.25) is 0 Å². The van der Waals surface area contributed by atoms with Crippen molar-refractivity contribution in [2.45, 2.75) is 58.0 Å². The molecule has 1 aliphatic rings. The summed E-state index contributed by atoms with van der Waals surface area (Å²) < 4.78 is 12.2. The predicted molar refractivity (Wildman–Crippen MR) is 68.9 cm³/mol. The van der Waals surface area contributed by atoms with Gasteiger partial charge in [-0.05, 0) is 25.3 Å². The Morgan fingerprint density at radius 3 is 2.24 bits per heavy atom. The molecule has 2 heteroatoms. The number of hydrogen-bond acceptors (Lipinski definition) is 2. The van der Waals surface area contributed by atoms with E-state index in [4.69, 9.17) is 9.47 Å². The lowest BCUT2D eigenvalue weighted by atomic mass is 10.1. The van der Waals surface area contributed by atoms with E-state index in [-0.39, 0.29) is 18.0 Å². The smallest absolute Gasteiger partial charge is 0.168 e. The van der Waals surface area contributed by atoms with E-state index in [0.717, 1.165) is 19.3 Å². The fraction of sp³-hybridized carbons (Fsp3) is 0.600. The van der Waals surface area contributed by atoms with Crippen LogP contribution in [0.4, 0.5) is 0 Å². The first-order valence-electron chi connectivity index (χ1n) is 6.58. The van der Waals surface area contributed by atoms with Crippen molar-refractivity contribution in [3.05, 3.63) is 35.9 Å². The molecule has 1 heterocycles. The third kappa shape index (κ3) is 2.70. The van der Waals surface area contributed by atoms with Crippen LogP contribution in [0, 0.1) is 0 Å². The van der Waals surface area contributed by atoms with Crippen LogP contribution in [0.1, 0.15) is 39.2 Å². The van der Waals surface area contributed by atoms with Gasteiger partial charge in [0.15, 0.2) is 5.79 Å². The van der Waals surface area contributed by atoms with Crippen LogP contribution in [0.15, 0.2) is 30.3 Å². The van der Waals surface area contributed by atoms with Crippen LogP contribution in [0.3, 0.4) is 0 Å². The van der Waals surface area contributed by atoms with Crippen molar-refractivity contribution in [3.8, 4) is 0 Å². The Balaban J connectivity index is 2.04. The lowest BCUT2D eigenvalue weighted by Crippen LogP contribution is -2.29. The van der Waals surface area contributed by atoms with E-state index in [1.807, 2.05) is 6.07 Å². The van der Waals surface area contributed by atoms with Crippen LogP contribution < -0.4 is 0 Å². The lowest BCUT2D eigenvalue weighted by Gasteiger charge is -2.25. The number of benzene rings is 1. The van der Waals surface area contributed by atoms with E-state index in [1.165, 1.54) is 5.56 Å². The molecule has 2 nitrogen and oxygen atoms in total. The van der Waals surface area contributed by atoms with Gasteiger partial charge in [-0.1, -0.05) is 44.2 Å². The van der Waals surface area contributed by atoms with Crippen LogP contribution >= 0.6 is 0 Å². The molecular weight excluding hydrogens is 212 g/mol. The molecule has 0 radical (unpaired) electrons. The van der Waals surface area contributed by atoms with Gasteiger partial charge in [0.1, 0.15) is 0 Å². The molecule has 0 saturated carbocycles. The molecule has 0 N–H and O–H groups in total. The first-order chi connectivity index (χ1) is 8.19. The zero-order valence-corrected chi connectivity index (χ0v) is 11.0. The van der Waals surface area contributed by atoms with Crippen LogP contribution in [-0.2, 0) is 15.9 Å². The molecule has 0 spiro atoms. The van der Waals surface area contributed by atoms with Crippen molar-refractivity contribution in [2.75, 3.05) is 0 Å². The Bertz CT molecular complexity index is 343. The minimum absolute atomic E-state index is 0.176. The van der Waals surface area contributed by atoms with Gasteiger partial charge in [0.25, 0.3) is 0 Å². The summed E-state index contributed by atoms with van der Waals surface area (Å²) in [5.41, 5.74) is 1.32. The molecule has 2 atom stereocenters. The summed E-state index contributed by atoms with van der Waals surface area (Å²) in [6.45, 7) is 6.36. The Hall–Kier alpha value is -0.860. The number of rotatable bonds is 4. The van der Waals surface area contributed by atoms with Gasteiger partial charge in [0.2, 0.25) is 0 Å². The van der Waals surface area contributed by atoms with Gasteiger partial charge in [-0.25, -0.2) is 0 Å². The van der Waals surface area contributed by atoms with Crippen molar-refractivity contribution in [2.24, 2.45) is 0 Å². The standard InChI is InChI=1S/C15H22O2/c1-4-15(5-2)16-12(3)14(17-15)11-13-9-7-6-8-10-13/h6-10,12,14H,4-5,11H2,1-3H3. The highest BCUT2D eigenvalue weighted by Gasteiger charge is 2.42. The molecule has 1 aliphatic heterocycles. The maximum Gasteiger partial charge on any atom is 0.168 e. The van der Waals surface area contributed by atoms with Gasteiger partial charge in [0.05, 0.1) is 12.2 Å². The topological polar surface area (TPSA) is 18.5 Å². The third-order valence-electron chi connectivity index (χ3n) is 3.65. The molecule has 17 heavy (non-hydrogen) atoms. The van der Waals surface area contributed by atoms with Crippen molar-refractivity contribution < 1.29 is 9.47 Å². The first-order valence-corrected chi connectivity index (χ1v) is 6.58. The lowest BCUT2D eigenvalue weighted by molar-refractivity contribution is -0.177. The molecule has 94 valence electrons. The Kier molecular flexibility index (Phi) is 3.85. The second-order valence-electron chi connectivity index (χ2n) is 4.79. The summed E-state index contributed by atoms with van der Waals surface area (Å²) >= 11 is 0. The van der Waals surface area contributed by atoms with Crippen LogP contribution in [0.25, 0.3) is 0 Å². The average molecular weight is 234 g/mol. The maximum absolute atomic E-state index is 6.14. The highest BCUT2D eigenvalue weighted by molar-refractivity contribution is 5.16. The fourth-order valence-corrected chi connectivity index (χ4v) is 2.45. The molecule has 2 rings (SSSR count). The molecule has 0 aliphatic carbocycles. The van der Waals surface area contributed by atoms with E-state index in [1.54, 1.807) is 0 Å². The van der Waals surface area contributed by atoms with E-state index in [0.29, 0.717) is 0 Å². The molecule has 1 aromatic carbocycles. The van der Waals surface area contributed by atoms with E-state index in [2.05, 4.69) is 45.0 Å². The largest absolute Gasteiger partial charge is 0.344 e. The summed E-state index contributed by atoms with van der Waals surface area (Å²) in [6, 6.07) is 10.5. The summed E-state index contributed by atoms with van der Waals surface area (Å²) in [6.07, 6.45) is 3.12. The van der Waals surface area contributed by atoms with Crippen molar-refractivity contribution in [1.82, 2.24) is 0 Å². The predicted octanol–water partition coefficient (Wildman–Crippen LogP) is 3.55. The normalized spacial score (nSPS) is 27.2. The van der Waals surface area contributed by atoms with Crippen molar-refractivity contribution >= 4 is 0 Å². The average Bonchev–Trinajstić information content (AvgIpc) is 2.68. The van der Waals surface area contributed by atoms with Crippen LogP contribution in [0.5, 0.6) is 0 Å². The van der Waals surface area contributed by atoms with Gasteiger partial charge in [0, 0.05) is 6.42 Å². The van der Waals surface area contributed by atoms with Gasteiger partial charge in [-0.15, -0.1) is 0 Å². The van der Waals surface area contributed by atoms with Crippen molar-refractivity contribution in [3.63, 3.8) is 0 Å². The molecule has 0 bridgehead atoms. The Labute approximate surface area is 104 Å².